The average Bonchev–Trinajstić information content (AvgIpc) is 2.48. The van der Waals surface area contributed by atoms with Crippen LogP contribution < -0.4 is 0 Å². The van der Waals surface area contributed by atoms with E-state index < -0.39 is 0 Å². The van der Waals surface area contributed by atoms with Crippen LogP contribution in [0.2, 0.25) is 0 Å². The van der Waals surface area contributed by atoms with E-state index in [2.05, 4.69) is 31.3 Å². The number of hydrogen-bond donors (Lipinski definition) is 0. The molecule has 2 aromatic rings. The molecule has 0 bridgehead atoms. The number of thiophene rings is 1. The molecule has 0 N–H and O–H groups in total. The van der Waals surface area contributed by atoms with Crippen molar-refractivity contribution in [2.24, 2.45) is 0 Å². The molecule has 12 heavy (non-hydrogen) atoms. The first-order valence-electron chi connectivity index (χ1n) is 3.24. The Morgan fingerprint density at radius 3 is 3.08 bits per heavy atom. The van der Waals surface area contributed by atoms with Gasteiger partial charge in [-0.3, -0.25) is 0 Å². The van der Waals surface area contributed by atoms with Crippen molar-refractivity contribution in [3.05, 3.63) is 15.5 Å². The van der Waals surface area contributed by atoms with Crippen molar-refractivity contribution in [2.45, 2.75) is 5.03 Å². The van der Waals surface area contributed by atoms with E-state index in [9.17, 15) is 0 Å². The Labute approximate surface area is 86.5 Å². The van der Waals surface area contributed by atoms with Crippen LogP contribution in [-0.2, 0) is 0 Å². The van der Waals surface area contributed by atoms with E-state index >= 15 is 0 Å². The Hall–Kier alpha value is -0.130. The van der Waals surface area contributed by atoms with E-state index in [1.807, 2.05) is 6.26 Å². The van der Waals surface area contributed by atoms with Gasteiger partial charge in [-0.05, 0) is 22.2 Å². The fourth-order valence-corrected chi connectivity index (χ4v) is 2.89. The summed E-state index contributed by atoms with van der Waals surface area (Å²) in [5, 5.41) is 4.26. The van der Waals surface area contributed by atoms with Crippen LogP contribution in [0.5, 0.6) is 0 Å². The summed E-state index contributed by atoms with van der Waals surface area (Å²) in [5.74, 6) is 0. The molecule has 0 aliphatic carbocycles. The summed E-state index contributed by atoms with van der Waals surface area (Å²) in [4.78, 5) is 8.36. The quantitative estimate of drug-likeness (QED) is 0.582. The Morgan fingerprint density at radius 1 is 1.50 bits per heavy atom. The predicted molar refractivity (Wildman–Crippen MR) is 56.9 cm³/mol. The standard InChI is InChI=1S/C7H5BrN2S2/c1-11-7-4-2-12-6(8)5(4)9-3-10-7/h2-3H,1H3. The van der Waals surface area contributed by atoms with Crippen LogP contribution in [0.4, 0.5) is 0 Å². The van der Waals surface area contributed by atoms with E-state index in [4.69, 9.17) is 0 Å². The molecular weight excluding hydrogens is 256 g/mol. The van der Waals surface area contributed by atoms with Crippen molar-refractivity contribution < 1.29 is 0 Å². The summed E-state index contributed by atoms with van der Waals surface area (Å²) in [6.07, 6.45) is 3.62. The first-order valence-corrected chi connectivity index (χ1v) is 6.14. The van der Waals surface area contributed by atoms with Gasteiger partial charge in [0.25, 0.3) is 0 Å². The van der Waals surface area contributed by atoms with Gasteiger partial charge < -0.3 is 0 Å². The van der Waals surface area contributed by atoms with Crippen molar-refractivity contribution in [1.82, 2.24) is 9.97 Å². The molecule has 0 radical (unpaired) electrons. The molecule has 0 aromatic carbocycles. The van der Waals surface area contributed by atoms with Crippen LogP contribution in [0, 0.1) is 0 Å². The molecule has 2 heterocycles. The van der Waals surface area contributed by atoms with Crippen LogP contribution in [0.3, 0.4) is 0 Å². The van der Waals surface area contributed by atoms with Crippen LogP contribution >= 0.6 is 39.0 Å². The second-order valence-corrected chi connectivity index (χ2v) is 5.15. The van der Waals surface area contributed by atoms with Crippen molar-refractivity contribution in [3.8, 4) is 0 Å². The smallest absolute Gasteiger partial charge is 0.117 e. The summed E-state index contributed by atoms with van der Waals surface area (Å²) < 4.78 is 1.08. The van der Waals surface area contributed by atoms with Crippen LogP contribution in [0.15, 0.2) is 20.5 Å². The Bertz CT molecular complexity index is 413. The number of halogens is 1. The van der Waals surface area contributed by atoms with Gasteiger partial charge in [0.2, 0.25) is 0 Å². The van der Waals surface area contributed by atoms with Gasteiger partial charge in [0, 0.05) is 10.8 Å². The second-order valence-electron chi connectivity index (χ2n) is 2.15. The maximum Gasteiger partial charge on any atom is 0.117 e. The largest absolute Gasteiger partial charge is 0.234 e. The molecule has 0 amide bonds. The predicted octanol–water partition coefficient (Wildman–Crippen LogP) is 3.18. The van der Waals surface area contributed by atoms with Gasteiger partial charge in [-0.1, -0.05) is 0 Å². The minimum absolute atomic E-state index is 1.01. The lowest BCUT2D eigenvalue weighted by Crippen LogP contribution is -1.81. The van der Waals surface area contributed by atoms with E-state index in [0.29, 0.717) is 0 Å². The molecule has 2 aromatic heterocycles. The molecule has 0 aliphatic heterocycles. The lowest BCUT2D eigenvalue weighted by atomic mass is 10.4. The summed E-state index contributed by atoms with van der Waals surface area (Å²) in [6.45, 7) is 0. The van der Waals surface area contributed by atoms with Gasteiger partial charge in [-0.15, -0.1) is 23.1 Å². The number of nitrogens with zero attached hydrogens (tertiary/aromatic N) is 2. The van der Waals surface area contributed by atoms with Crippen LogP contribution in [0.1, 0.15) is 0 Å². The maximum absolute atomic E-state index is 4.19. The van der Waals surface area contributed by atoms with Crippen molar-refractivity contribution in [3.63, 3.8) is 0 Å². The third-order valence-electron chi connectivity index (χ3n) is 1.51. The maximum atomic E-state index is 4.19. The lowest BCUT2D eigenvalue weighted by Gasteiger charge is -1.95. The molecule has 5 heteroatoms. The molecule has 2 nitrogen and oxygen atoms in total. The highest BCUT2D eigenvalue weighted by Crippen LogP contribution is 2.32. The topological polar surface area (TPSA) is 25.8 Å². The fourth-order valence-electron chi connectivity index (χ4n) is 0.971. The minimum atomic E-state index is 1.01. The third-order valence-corrected chi connectivity index (χ3v) is 3.91. The van der Waals surface area contributed by atoms with E-state index in [1.165, 1.54) is 0 Å². The highest BCUT2D eigenvalue weighted by atomic mass is 79.9. The van der Waals surface area contributed by atoms with Crippen LogP contribution in [0.25, 0.3) is 10.9 Å². The number of thioether (sulfide) groups is 1. The number of rotatable bonds is 1. The molecule has 62 valence electrons. The lowest BCUT2D eigenvalue weighted by molar-refractivity contribution is 1.11. The van der Waals surface area contributed by atoms with E-state index in [1.54, 1.807) is 29.4 Å². The summed E-state index contributed by atoms with van der Waals surface area (Å²) in [5.41, 5.74) is 1.01. The van der Waals surface area contributed by atoms with Crippen molar-refractivity contribution in [1.29, 1.82) is 0 Å². The van der Waals surface area contributed by atoms with Gasteiger partial charge in [0.15, 0.2) is 0 Å². The second kappa shape index (κ2) is 3.32. The van der Waals surface area contributed by atoms with E-state index in [0.717, 1.165) is 19.7 Å². The van der Waals surface area contributed by atoms with Crippen molar-refractivity contribution in [2.75, 3.05) is 6.26 Å². The molecular formula is C7H5BrN2S2. The minimum Gasteiger partial charge on any atom is -0.234 e. The normalized spacial score (nSPS) is 10.8. The van der Waals surface area contributed by atoms with Gasteiger partial charge in [0.05, 0.1) is 9.30 Å². The number of hydrogen-bond acceptors (Lipinski definition) is 4. The summed E-state index contributed by atoms with van der Waals surface area (Å²) in [6, 6.07) is 0. The Balaban J connectivity index is 2.81. The highest BCUT2D eigenvalue weighted by molar-refractivity contribution is 9.11. The average molecular weight is 261 g/mol. The molecule has 0 unspecified atom stereocenters. The first kappa shape index (κ1) is 8.47. The summed E-state index contributed by atoms with van der Waals surface area (Å²) in [7, 11) is 0. The van der Waals surface area contributed by atoms with Gasteiger partial charge in [0.1, 0.15) is 11.4 Å². The zero-order chi connectivity index (χ0) is 8.55. The summed E-state index contributed by atoms with van der Waals surface area (Å²) >= 11 is 6.74. The molecule has 0 spiro atoms. The Kier molecular flexibility index (Phi) is 2.34. The van der Waals surface area contributed by atoms with Crippen molar-refractivity contribution >= 4 is 49.9 Å². The molecule has 2 rings (SSSR count). The fraction of sp³-hybridized carbons (Fsp3) is 0.143. The third kappa shape index (κ3) is 1.26. The number of fused-ring (bicyclic) bond motifs is 1. The van der Waals surface area contributed by atoms with Gasteiger partial charge in [-0.25, -0.2) is 9.97 Å². The molecule has 0 saturated carbocycles. The Morgan fingerprint density at radius 2 is 2.33 bits per heavy atom. The zero-order valence-electron chi connectivity index (χ0n) is 6.24. The molecule has 0 fully saturated rings. The molecule has 0 atom stereocenters. The molecule has 0 aliphatic rings. The van der Waals surface area contributed by atoms with Crippen LogP contribution in [-0.4, -0.2) is 16.2 Å². The SMILES string of the molecule is CSc1ncnc2c(Br)scc12. The zero-order valence-corrected chi connectivity index (χ0v) is 9.46. The molecule has 0 saturated heterocycles. The van der Waals surface area contributed by atoms with Gasteiger partial charge in [-0.2, -0.15) is 0 Å². The highest BCUT2D eigenvalue weighted by Gasteiger charge is 2.06. The van der Waals surface area contributed by atoms with Gasteiger partial charge >= 0.3 is 0 Å². The number of aromatic nitrogens is 2. The monoisotopic (exact) mass is 260 g/mol. The van der Waals surface area contributed by atoms with E-state index in [-0.39, 0.29) is 0 Å². The first-order chi connectivity index (χ1) is 5.83.